The van der Waals surface area contributed by atoms with Crippen molar-refractivity contribution in [3.05, 3.63) is 48.0 Å². The smallest absolute Gasteiger partial charge is 0.240 e. The third kappa shape index (κ3) is 4.02. The third-order valence-electron chi connectivity index (χ3n) is 5.31. The van der Waals surface area contributed by atoms with Crippen molar-refractivity contribution >= 4 is 39.1 Å². The Balaban J connectivity index is 1.43. The first-order valence-corrected chi connectivity index (χ1v) is 10.5. The lowest BCUT2D eigenvalue weighted by Gasteiger charge is -2.40. The van der Waals surface area contributed by atoms with Crippen molar-refractivity contribution < 1.29 is 9.59 Å². The van der Waals surface area contributed by atoms with Crippen LogP contribution in [0.25, 0.3) is 20.8 Å². The molecule has 1 saturated heterocycles. The number of thiazole rings is 1. The first-order valence-electron chi connectivity index (χ1n) is 9.64. The fourth-order valence-corrected chi connectivity index (χ4v) is 4.52. The molecule has 7 heteroatoms. The van der Waals surface area contributed by atoms with Gasteiger partial charge in [-0.2, -0.15) is 0 Å². The number of hydrogen-bond donors (Lipinski definition) is 2. The summed E-state index contributed by atoms with van der Waals surface area (Å²) < 4.78 is 1.17. The number of hydrogen-bond acceptors (Lipinski definition) is 5. The van der Waals surface area contributed by atoms with Gasteiger partial charge in [0.05, 0.1) is 22.3 Å². The van der Waals surface area contributed by atoms with Crippen molar-refractivity contribution in [1.29, 1.82) is 0 Å². The number of aromatic nitrogens is 1. The standard InChI is InChI=1S/C22H24N4O2S/c1-14-4-9-17-18(12-14)29-20(25-17)15-5-7-16(8-6-15)24-19(27)13-26-11-10-23-21(28)22(26,2)3/h4-9,12H,10-11,13H2,1-3H3,(H,23,28)(H,24,27). The molecule has 0 atom stereocenters. The predicted molar refractivity (Wildman–Crippen MR) is 117 cm³/mol. The Hall–Kier alpha value is -2.77. The first-order chi connectivity index (χ1) is 13.8. The second-order valence-corrected chi connectivity index (χ2v) is 8.88. The highest BCUT2D eigenvalue weighted by Crippen LogP contribution is 2.31. The molecule has 29 heavy (non-hydrogen) atoms. The van der Waals surface area contributed by atoms with Gasteiger partial charge in [0.15, 0.2) is 0 Å². The number of aryl methyl sites for hydroxylation is 1. The summed E-state index contributed by atoms with van der Waals surface area (Å²) in [5, 5.41) is 6.73. The average Bonchev–Trinajstić information content (AvgIpc) is 3.09. The summed E-state index contributed by atoms with van der Waals surface area (Å²) in [6, 6.07) is 14.0. The molecule has 0 saturated carbocycles. The maximum absolute atomic E-state index is 12.5. The van der Waals surface area contributed by atoms with Crippen molar-refractivity contribution in [3.8, 4) is 10.6 Å². The zero-order chi connectivity index (χ0) is 20.6. The molecule has 4 rings (SSSR count). The summed E-state index contributed by atoms with van der Waals surface area (Å²) in [6.45, 7) is 7.15. The van der Waals surface area contributed by atoms with Crippen LogP contribution < -0.4 is 10.6 Å². The SMILES string of the molecule is Cc1ccc2nc(-c3ccc(NC(=O)CN4CCNC(=O)C4(C)C)cc3)sc2c1. The molecule has 0 unspecified atom stereocenters. The van der Waals surface area contributed by atoms with E-state index in [1.807, 2.05) is 49.1 Å². The summed E-state index contributed by atoms with van der Waals surface area (Å²) in [5.41, 5.74) is 3.29. The normalized spacial score (nSPS) is 16.6. The van der Waals surface area contributed by atoms with Gasteiger partial charge in [0.2, 0.25) is 11.8 Å². The van der Waals surface area contributed by atoms with Crippen molar-refractivity contribution in [2.75, 3.05) is 25.0 Å². The van der Waals surface area contributed by atoms with E-state index < -0.39 is 5.54 Å². The van der Waals surface area contributed by atoms with Crippen LogP contribution in [-0.2, 0) is 9.59 Å². The van der Waals surface area contributed by atoms with Crippen LogP contribution in [0.5, 0.6) is 0 Å². The number of nitrogens with one attached hydrogen (secondary N) is 2. The van der Waals surface area contributed by atoms with Crippen LogP contribution in [0.3, 0.4) is 0 Å². The number of amides is 2. The van der Waals surface area contributed by atoms with E-state index in [9.17, 15) is 9.59 Å². The summed E-state index contributed by atoms with van der Waals surface area (Å²) in [6.07, 6.45) is 0. The van der Waals surface area contributed by atoms with Crippen LogP contribution in [0.1, 0.15) is 19.4 Å². The molecule has 150 valence electrons. The number of carbonyl (C=O) groups excluding carboxylic acids is 2. The zero-order valence-electron chi connectivity index (χ0n) is 16.8. The number of anilines is 1. The molecule has 2 heterocycles. The average molecular weight is 409 g/mol. The molecule has 1 aliphatic rings. The summed E-state index contributed by atoms with van der Waals surface area (Å²) in [7, 11) is 0. The molecular formula is C22H24N4O2S. The molecule has 1 aromatic heterocycles. The molecule has 0 aliphatic carbocycles. The van der Waals surface area contributed by atoms with Crippen molar-refractivity contribution in [2.45, 2.75) is 26.3 Å². The van der Waals surface area contributed by atoms with Gasteiger partial charge in [-0.05, 0) is 62.7 Å². The minimum atomic E-state index is -0.690. The first kappa shape index (κ1) is 19.5. The van der Waals surface area contributed by atoms with Gasteiger partial charge in [0, 0.05) is 24.3 Å². The lowest BCUT2D eigenvalue weighted by Crippen LogP contribution is -2.62. The highest BCUT2D eigenvalue weighted by molar-refractivity contribution is 7.21. The number of benzene rings is 2. The summed E-state index contributed by atoms with van der Waals surface area (Å²) in [4.78, 5) is 31.1. The van der Waals surface area contributed by atoms with E-state index in [1.165, 1.54) is 10.3 Å². The monoisotopic (exact) mass is 408 g/mol. The van der Waals surface area contributed by atoms with Gasteiger partial charge in [-0.15, -0.1) is 11.3 Å². The maximum atomic E-state index is 12.5. The van der Waals surface area contributed by atoms with Gasteiger partial charge < -0.3 is 10.6 Å². The molecule has 0 spiro atoms. The van der Waals surface area contributed by atoms with E-state index in [0.717, 1.165) is 21.8 Å². The van der Waals surface area contributed by atoms with E-state index in [4.69, 9.17) is 4.98 Å². The molecule has 3 aromatic rings. The minimum Gasteiger partial charge on any atom is -0.353 e. The summed E-state index contributed by atoms with van der Waals surface area (Å²) >= 11 is 1.66. The quantitative estimate of drug-likeness (QED) is 0.694. The molecule has 0 radical (unpaired) electrons. The van der Waals surface area contributed by atoms with E-state index >= 15 is 0 Å². The Morgan fingerprint density at radius 1 is 1.24 bits per heavy atom. The van der Waals surface area contributed by atoms with Crippen LogP contribution in [-0.4, -0.2) is 46.9 Å². The van der Waals surface area contributed by atoms with Crippen LogP contribution in [0.4, 0.5) is 5.69 Å². The lowest BCUT2D eigenvalue weighted by atomic mass is 9.99. The molecule has 2 aromatic carbocycles. The van der Waals surface area contributed by atoms with Crippen LogP contribution in [0, 0.1) is 6.92 Å². The zero-order valence-corrected chi connectivity index (χ0v) is 17.6. The molecule has 0 bridgehead atoms. The molecular weight excluding hydrogens is 384 g/mol. The van der Waals surface area contributed by atoms with Gasteiger partial charge in [0.25, 0.3) is 0 Å². The molecule has 2 N–H and O–H groups in total. The molecule has 6 nitrogen and oxygen atoms in total. The number of piperazine rings is 1. The Kier molecular flexibility index (Phi) is 5.10. The highest BCUT2D eigenvalue weighted by Gasteiger charge is 2.38. The highest BCUT2D eigenvalue weighted by atomic mass is 32.1. The third-order valence-corrected chi connectivity index (χ3v) is 6.37. The van der Waals surface area contributed by atoms with Gasteiger partial charge >= 0.3 is 0 Å². The maximum Gasteiger partial charge on any atom is 0.240 e. The fourth-order valence-electron chi connectivity index (χ4n) is 3.45. The van der Waals surface area contributed by atoms with E-state index in [0.29, 0.717) is 13.1 Å². The number of fused-ring (bicyclic) bond motifs is 1. The second-order valence-electron chi connectivity index (χ2n) is 7.85. The van der Waals surface area contributed by atoms with Crippen LogP contribution >= 0.6 is 11.3 Å². The van der Waals surface area contributed by atoms with Gasteiger partial charge in [-0.1, -0.05) is 6.07 Å². The van der Waals surface area contributed by atoms with Crippen molar-refractivity contribution in [3.63, 3.8) is 0 Å². The van der Waals surface area contributed by atoms with Crippen molar-refractivity contribution in [2.24, 2.45) is 0 Å². The topological polar surface area (TPSA) is 74.3 Å². The Labute approximate surface area is 173 Å². The Morgan fingerprint density at radius 3 is 2.76 bits per heavy atom. The minimum absolute atomic E-state index is 0.0491. The lowest BCUT2D eigenvalue weighted by molar-refractivity contribution is -0.136. The molecule has 2 amide bonds. The number of carbonyl (C=O) groups is 2. The number of nitrogens with zero attached hydrogens (tertiary/aromatic N) is 2. The van der Waals surface area contributed by atoms with E-state index in [1.54, 1.807) is 11.3 Å². The van der Waals surface area contributed by atoms with E-state index in [-0.39, 0.29) is 18.4 Å². The molecule has 1 fully saturated rings. The van der Waals surface area contributed by atoms with Gasteiger partial charge in [-0.3, -0.25) is 14.5 Å². The predicted octanol–water partition coefficient (Wildman–Crippen LogP) is 3.42. The molecule has 1 aliphatic heterocycles. The van der Waals surface area contributed by atoms with Gasteiger partial charge in [0.1, 0.15) is 5.01 Å². The Bertz CT molecular complexity index is 1070. The number of rotatable bonds is 4. The van der Waals surface area contributed by atoms with E-state index in [2.05, 4.69) is 29.7 Å². The summed E-state index contributed by atoms with van der Waals surface area (Å²) in [5.74, 6) is -0.178. The fraction of sp³-hybridized carbons (Fsp3) is 0.318. The largest absolute Gasteiger partial charge is 0.353 e. The van der Waals surface area contributed by atoms with Crippen LogP contribution in [0.15, 0.2) is 42.5 Å². The Morgan fingerprint density at radius 2 is 2.00 bits per heavy atom. The van der Waals surface area contributed by atoms with Crippen LogP contribution in [0.2, 0.25) is 0 Å². The van der Waals surface area contributed by atoms with Gasteiger partial charge in [-0.25, -0.2) is 4.98 Å². The second kappa shape index (κ2) is 7.57. The van der Waals surface area contributed by atoms with Crippen molar-refractivity contribution in [1.82, 2.24) is 15.2 Å².